The number of amides is 1. The molecule has 1 aliphatic carbocycles. The minimum atomic E-state index is -0.640. The lowest BCUT2D eigenvalue weighted by Gasteiger charge is -2.22. The van der Waals surface area contributed by atoms with Crippen LogP contribution >= 0.6 is 0 Å². The molecular weight excluding hydrogens is 435 g/mol. The van der Waals surface area contributed by atoms with Gasteiger partial charge in [-0.2, -0.15) is 0 Å². The Morgan fingerprint density at radius 3 is 2.45 bits per heavy atom. The number of carbonyl (C=O) groups excluding carboxylic acids is 1. The standard InChI is InChI=1S/C14H8F3N.C5H6N2O2.C5H10O/c15-10-3-1-8(2-4-10)13-6-9-5-11(16)7-12(17)14(9)18-13;8-3-6-1-5-2-7-4-9-5;1-6-5-3-2-4-5/h1-7,18H;2-4H,1H2,(H,6,8);5H,2-4H2,1H3. The molecule has 2 N–H and O–H groups in total. The minimum absolute atomic E-state index is 0.246. The van der Waals surface area contributed by atoms with Crippen LogP contribution in [-0.4, -0.2) is 29.6 Å². The fourth-order valence-electron chi connectivity index (χ4n) is 3.03. The summed E-state index contributed by atoms with van der Waals surface area (Å²) in [7, 11) is 1.78. The monoisotopic (exact) mass is 459 g/mol. The number of carbonyl (C=O) groups is 1. The van der Waals surface area contributed by atoms with Crippen LogP contribution in [0, 0.1) is 17.5 Å². The fourth-order valence-corrected chi connectivity index (χ4v) is 3.03. The second kappa shape index (κ2) is 11.9. The van der Waals surface area contributed by atoms with Crippen molar-refractivity contribution in [3.8, 4) is 11.3 Å². The molecule has 1 fully saturated rings. The minimum Gasteiger partial charge on any atom is -0.447 e. The second-order valence-electron chi connectivity index (χ2n) is 7.30. The molecule has 1 amide bonds. The van der Waals surface area contributed by atoms with Gasteiger partial charge in [0.05, 0.1) is 24.4 Å². The first-order valence-electron chi connectivity index (χ1n) is 10.3. The van der Waals surface area contributed by atoms with Crippen molar-refractivity contribution in [1.29, 1.82) is 0 Å². The van der Waals surface area contributed by atoms with E-state index < -0.39 is 11.6 Å². The maximum atomic E-state index is 13.5. The Hall–Kier alpha value is -3.59. The molecule has 2 aromatic carbocycles. The molecule has 5 rings (SSSR count). The third-order valence-corrected chi connectivity index (χ3v) is 5.03. The molecule has 9 heteroatoms. The molecule has 1 aliphatic rings. The summed E-state index contributed by atoms with van der Waals surface area (Å²) in [5, 5.41) is 2.89. The number of hydrogen-bond acceptors (Lipinski definition) is 4. The Morgan fingerprint density at radius 1 is 1.15 bits per heavy atom. The molecule has 33 heavy (non-hydrogen) atoms. The molecule has 174 valence electrons. The average molecular weight is 459 g/mol. The maximum Gasteiger partial charge on any atom is 0.207 e. The van der Waals surface area contributed by atoms with Crippen molar-refractivity contribution < 1.29 is 27.1 Å². The van der Waals surface area contributed by atoms with Gasteiger partial charge in [-0.25, -0.2) is 18.2 Å². The van der Waals surface area contributed by atoms with Crippen LogP contribution in [0.15, 0.2) is 59.5 Å². The second-order valence-corrected chi connectivity index (χ2v) is 7.30. The quantitative estimate of drug-likeness (QED) is 0.394. The van der Waals surface area contributed by atoms with Gasteiger partial charge in [0.25, 0.3) is 0 Å². The molecule has 0 radical (unpaired) electrons. The number of nitrogens with zero attached hydrogens (tertiary/aromatic N) is 1. The molecule has 0 unspecified atom stereocenters. The van der Waals surface area contributed by atoms with Crippen molar-refractivity contribution in [2.45, 2.75) is 31.9 Å². The smallest absolute Gasteiger partial charge is 0.207 e. The van der Waals surface area contributed by atoms with Crippen molar-refractivity contribution in [3.63, 3.8) is 0 Å². The molecule has 0 aliphatic heterocycles. The van der Waals surface area contributed by atoms with Gasteiger partial charge in [0, 0.05) is 24.3 Å². The van der Waals surface area contributed by atoms with Crippen LogP contribution in [0.5, 0.6) is 0 Å². The zero-order valence-electron chi connectivity index (χ0n) is 18.0. The Bertz CT molecular complexity index is 1140. The molecule has 2 heterocycles. The van der Waals surface area contributed by atoms with Gasteiger partial charge >= 0.3 is 0 Å². The lowest BCUT2D eigenvalue weighted by atomic mass is 9.96. The zero-order valence-corrected chi connectivity index (χ0v) is 18.0. The Labute approximate surface area is 188 Å². The van der Waals surface area contributed by atoms with E-state index in [9.17, 15) is 18.0 Å². The first-order valence-corrected chi connectivity index (χ1v) is 10.3. The van der Waals surface area contributed by atoms with Gasteiger partial charge < -0.3 is 19.5 Å². The fraction of sp³-hybridized carbons (Fsp3) is 0.250. The summed E-state index contributed by atoms with van der Waals surface area (Å²) >= 11 is 0. The number of benzene rings is 2. The SMILES string of the molecule is COC1CCC1.Fc1ccc(-c2cc3cc(F)cc(F)c3[nH]2)cc1.O=CNCc1cnco1. The van der Waals surface area contributed by atoms with Crippen molar-refractivity contribution in [1.82, 2.24) is 15.3 Å². The largest absolute Gasteiger partial charge is 0.447 e. The highest BCUT2D eigenvalue weighted by atomic mass is 19.1. The van der Waals surface area contributed by atoms with Crippen LogP contribution in [-0.2, 0) is 16.1 Å². The molecule has 1 saturated carbocycles. The Kier molecular flexibility index (Phi) is 8.65. The van der Waals surface area contributed by atoms with Gasteiger partial charge in [0.2, 0.25) is 6.41 Å². The van der Waals surface area contributed by atoms with Gasteiger partial charge in [-0.3, -0.25) is 4.79 Å². The molecule has 6 nitrogen and oxygen atoms in total. The summed E-state index contributed by atoms with van der Waals surface area (Å²) in [6.07, 6.45) is 8.05. The predicted molar refractivity (Wildman–Crippen MR) is 118 cm³/mol. The number of ether oxygens (including phenoxy) is 1. The Morgan fingerprint density at radius 2 is 1.91 bits per heavy atom. The topological polar surface area (TPSA) is 80.2 Å². The van der Waals surface area contributed by atoms with E-state index in [4.69, 9.17) is 9.15 Å². The zero-order chi connectivity index (χ0) is 23.6. The van der Waals surface area contributed by atoms with E-state index in [2.05, 4.69) is 15.3 Å². The van der Waals surface area contributed by atoms with Crippen molar-refractivity contribution in [3.05, 3.63) is 78.3 Å². The number of fused-ring (bicyclic) bond motifs is 1. The third-order valence-electron chi connectivity index (χ3n) is 5.03. The van der Waals surface area contributed by atoms with E-state index in [0.29, 0.717) is 41.5 Å². The number of methoxy groups -OCH3 is 1. The number of aromatic nitrogens is 2. The van der Waals surface area contributed by atoms with E-state index in [1.807, 2.05) is 0 Å². The summed E-state index contributed by atoms with van der Waals surface area (Å²) in [4.78, 5) is 16.2. The maximum absolute atomic E-state index is 13.5. The van der Waals surface area contributed by atoms with Crippen molar-refractivity contribution in [2.75, 3.05) is 7.11 Å². The summed E-state index contributed by atoms with van der Waals surface area (Å²) in [5.41, 5.74) is 1.58. The normalized spacial score (nSPS) is 12.7. The van der Waals surface area contributed by atoms with Crippen molar-refractivity contribution >= 4 is 17.3 Å². The summed E-state index contributed by atoms with van der Waals surface area (Å²) in [5.74, 6) is -0.947. The molecule has 2 aromatic heterocycles. The third kappa shape index (κ3) is 6.95. The van der Waals surface area contributed by atoms with Gasteiger partial charge in [-0.15, -0.1) is 0 Å². The highest BCUT2D eigenvalue weighted by Crippen LogP contribution is 2.26. The number of halogens is 3. The van der Waals surface area contributed by atoms with Crippen LogP contribution in [0.4, 0.5) is 13.2 Å². The van der Waals surface area contributed by atoms with Gasteiger partial charge in [-0.1, -0.05) is 0 Å². The predicted octanol–water partition coefficient (Wildman–Crippen LogP) is 5.36. The lowest BCUT2D eigenvalue weighted by Crippen LogP contribution is -2.18. The number of rotatable bonds is 5. The number of H-pyrrole nitrogens is 1. The van der Waals surface area contributed by atoms with Crippen LogP contribution in [0.25, 0.3) is 22.2 Å². The van der Waals surface area contributed by atoms with E-state index in [1.54, 1.807) is 31.5 Å². The first-order chi connectivity index (χ1) is 16.0. The van der Waals surface area contributed by atoms with E-state index >= 15 is 0 Å². The van der Waals surface area contributed by atoms with Crippen LogP contribution in [0.1, 0.15) is 25.0 Å². The van der Waals surface area contributed by atoms with E-state index in [0.717, 1.165) is 6.07 Å². The molecule has 0 saturated heterocycles. The number of oxazole rings is 1. The highest BCUT2D eigenvalue weighted by Gasteiger charge is 2.14. The van der Waals surface area contributed by atoms with Crippen molar-refractivity contribution in [2.24, 2.45) is 0 Å². The molecule has 0 spiro atoms. The number of nitrogens with one attached hydrogen (secondary N) is 2. The van der Waals surface area contributed by atoms with Crippen LogP contribution in [0.3, 0.4) is 0 Å². The van der Waals surface area contributed by atoms with E-state index in [-0.39, 0.29) is 11.3 Å². The van der Waals surface area contributed by atoms with E-state index in [1.165, 1.54) is 43.9 Å². The average Bonchev–Trinajstić information content (AvgIpc) is 3.43. The van der Waals surface area contributed by atoms with Gasteiger partial charge in [-0.05, 0) is 61.2 Å². The van der Waals surface area contributed by atoms with Gasteiger partial charge in [0.1, 0.15) is 23.2 Å². The highest BCUT2D eigenvalue weighted by molar-refractivity contribution is 5.86. The molecule has 4 aromatic rings. The molecule has 0 bridgehead atoms. The molecular formula is C24H24F3N3O3. The summed E-state index contributed by atoms with van der Waals surface area (Å²) < 4.78 is 49.2. The number of aromatic amines is 1. The Balaban J connectivity index is 0.000000169. The lowest BCUT2D eigenvalue weighted by molar-refractivity contribution is -0.109. The number of hydrogen-bond donors (Lipinski definition) is 2. The van der Waals surface area contributed by atoms with Crippen LogP contribution in [0.2, 0.25) is 0 Å². The summed E-state index contributed by atoms with van der Waals surface area (Å²) in [6.45, 7) is 0.406. The molecule has 0 atom stereocenters. The summed E-state index contributed by atoms with van der Waals surface area (Å²) in [6, 6.07) is 9.50. The van der Waals surface area contributed by atoms with Crippen LogP contribution < -0.4 is 5.32 Å². The first kappa shape index (κ1) is 24.1. The van der Waals surface area contributed by atoms with Gasteiger partial charge in [0.15, 0.2) is 6.39 Å².